The third-order valence-electron chi connectivity index (χ3n) is 4.64. The van der Waals surface area contributed by atoms with Crippen molar-refractivity contribution in [2.24, 2.45) is 0 Å². The number of hydrogen-bond acceptors (Lipinski definition) is 8. The molecular formula is C22H26ClFN6OS. The lowest BCUT2D eigenvalue weighted by Gasteiger charge is -2.24. The summed E-state index contributed by atoms with van der Waals surface area (Å²) in [5.41, 5.74) is 3.11. The molecule has 0 aliphatic heterocycles. The van der Waals surface area contributed by atoms with Gasteiger partial charge in [-0.15, -0.1) is 0 Å². The van der Waals surface area contributed by atoms with Crippen LogP contribution in [0.4, 0.5) is 27.4 Å². The summed E-state index contributed by atoms with van der Waals surface area (Å²) in [7, 11) is 5.51. The largest absolute Gasteiger partial charge is 0.497 e. The maximum Gasteiger partial charge on any atom is 0.233 e. The molecule has 0 aliphatic rings. The Kier molecular flexibility index (Phi) is 8.38. The lowest BCUT2D eigenvalue weighted by molar-refractivity contribution is 0.415. The maximum atomic E-state index is 14.8. The van der Waals surface area contributed by atoms with Crippen LogP contribution in [0, 0.1) is 12.7 Å². The van der Waals surface area contributed by atoms with Crippen molar-refractivity contribution < 1.29 is 9.13 Å². The monoisotopic (exact) mass is 476 g/mol. The average Bonchev–Trinajstić information content (AvgIpc) is 2.80. The molecule has 3 N–H and O–H groups in total. The smallest absolute Gasteiger partial charge is 0.233 e. The molecule has 10 heteroatoms. The van der Waals surface area contributed by atoms with Crippen LogP contribution in [0.2, 0.25) is 5.02 Å². The number of nitrogens with zero attached hydrogens (tertiary/aromatic N) is 3. The van der Waals surface area contributed by atoms with Crippen LogP contribution in [0.1, 0.15) is 5.56 Å². The van der Waals surface area contributed by atoms with Crippen molar-refractivity contribution in [2.75, 3.05) is 49.2 Å². The summed E-state index contributed by atoms with van der Waals surface area (Å²) in [4.78, 5) is 10.7. The Morgan fingerprint density at radius 2 is 1.91 bits per heavy atom. The first-order chi connectivity index (χ1) is 15.4. The van der Waals surface area contributed by atoms with E-state index in [1.807, 2.05) is 39.2 Å². The summed E-state index contributed by atoms with van der Waals surface area (Å²) >= 11 is 7.54. The Bertz CT molecular complexity index is 1050. The number of halogens is 2. The number of hydrogen-bond donors (Lipinski definition) is 3. The van der Waals surface area contributed by atoms with Crippen LogP contribution >= 0.6 is 23.5 Å². The zero-order valence-corrected chi connectivity index (χ0v) is 19.9. The van der Waals surface area contributed by atoms with Gasteiger partial charge >= 0.3 is 0 Å². The van der Waals surface area contributed by atoms with E-state index >= 15 is 0 Å². The number of methoxy groups -OCH3 is 1. The Hall–Kier alpha value is -2.75. The van der Waals surface area contributed by atoms with Gasteiger partial charge in [0.05, 0.1) is 34.1 Å². The SMILES string of the molecule is CNCCN(C)c1cc(OC)ccc1Nc1cc(F)c(SNc2ncc(C)cn2)cc1Cl. The molecule has 7 nitrogen and oxygen atoms in total. The third-order valence-corrected chi connectivity index (χ3v) is 5.77. The molecule has 0 aliphatic carbocycles. The molecule has 0 saturated carbocycles. The van der Waals surface area contributed by atoms with Gasteiger partial charge in [0.15, 0.2) is 0 Å². The van der Waals surface area contributed by atoms with E-state index in [0.717, 1.165) is 47.7 Å². The highest BCUT2D eigenvalue weighted by Crippen LogP contribution is 2.37. The predicted molar refractivity (Wildman–Crippen MR) is 131 cm³/mol. The average molecular weight is 477 g/mol. The van der Waals surface area contributed by atoms with Crippen LogP contribution in [0.25, 0.3) is 0 Å². The number of nitrogens with one attached hydrogen (secondary N) is 3. The van der Waals surface area contributed by atoms with E-state index in [9.17, 15) is 4.39 Å². The zero-order chi connectivity index (χ0) is 23.1. The molecule has 0 amide bonds. The molecular weight excluding hydrogens is 451 g/mol. The topological polar surface area (TPSA) is 74.3 Å². The van der Waals surface area contributed by atoms with Crippen molar-refractivity contribution in [1.82, 2.24) is 15.3 Å². The lowest BCUT2D eigenvalue weighted by atomic mass is 10.2. The quantitative estimate of drug-likeness (QED) is 0.349. The second-order valence-electron chi connectivity index (χ2n) is 7.08. The van der Waals surface area contributed by atoms with Crippen molar-refractivity contribution in [2.45, 2.75) is 11.8 Å². The van der Waals surface area contributed by atoms with E-state index in [4.69, 9.17) is 16.3 Å². The molecule has 0 unspecified atom stereocenters. The highest BCUT2D eigenvalue weighted by atomic mass is 35.5. The minimum Gasteiger partial charge on any atom is -0.497 e. The predicted octanol–water partition coefficient (Wildman–Crippen LogP) is 5.10. The van der Waals surface area contributed by atoms with Crippen molar-refractivity contribution in [3.05, 3.63) is 59.1 Å². The Balaban J connectivity index is 1.80. The molecule has 0 radical (unpaired) electrons. The van der Waals surface area contributed by atoms with E-state index in [-0.39, 0.29) is 0 Å². The summed E-state index contributed by atoms with van der Waals surface area (Å²) in [6, 6.07) is 8.61. The van der Waals surface area contributed by atoms with Gasteiger partial charge in [-0.25, -0.2) is 14.4 Å². The highest BCUT2D eigenvalue weighted by Gasteiger charge is 2.14. The fourth-order valence-corrected chi connectivity index (χ4v) is 3.77. The lowest BCUT2D eigenvalue weighted by Crippen LogP contribution is -2.27. The fourth-order valence-electron chi connectivity index (χ4n) is 2.85. The minimum absolute atomic E-state index is 0.339. The second kappa shape index (κ2) is 11.2. The first-order valence-corrected chi connectivity index (χ1v) is 11.1. The van der Waals surface area contributed by atoms with Crippen LogP contribution in [-0.4, -0.2) is 44.3 Å². The van der Waals surface area contributed by atoms with E-state index < -0.39 is 5.82 Å². The molecule has 0 fully saturated rings. The summed E-state index contributed by atoms with van der Waals surface area (Å²) in [5.74, 6) is 0.709. The van der Waals surface area contributed by atoms with Gasteiger partial charge in [-0.1, -0.05) is 11.6 Å². The molecule has 3 rings (SSSR count). The van der Waals surface area contributed by atoms with Gasteiger partial charge in [0, 0.05) is 44.7 Å². The summed E-state index contributed by atoms with van der Waals surface area (Å²) in [5, 5.41) is 6.78. The van der Waals surface area contributed by atoms with Gasteiger partial charge < -0.3 is 20.3 Å². The Morgan fingerprint density at radius 3 is 2.59 bits per heavy atom. The number of aromatic nitrogens is 2. The van der Waals surface area contributed by atoms with E-state index in [2.05, 4.69) is 30.2 Å². The van der Waals surface area contributed by atoms with Gasteiger partial charge in [0.25, 0.3) is 0 Å². The normalized spacial score (nSPS) is 10.7. The summed E-state index contributed by atoms with van der Waals surface area (Å²) in [6.07, 6.45) is 3.37. The number of benzene rings is 2. The first-order valence-electron chi connectivity index (χ1n) is 9.92. The van der Waals surface area contributed by atoms with Crippen molar-refractivity contribution in [3.8, 4) is 5.75 Å². The molecule has 1 aromatic heterocycles. The van der Waals surface area contributed by atoms with E-state index in [0.29, 0.717) is 21.6 Å². The number of likely N-dealkylation sites (N-methyl/N-ethyl adjacent to an activating group) is 2. The molecule has 32 heavy (non-hydrogen) atoms. The van der Waals surface area contributed by atoms with Crippen LogP contribution in [-0.2, 0) is 0 Å². The Morgan fingerprint density at radius 1 is 1.16 bits per heavy atom. The van der Waals surface area contributed by atoms with Gasteiger partial charge in [-0.05, 0) is 49.7 Å². The second-order valence-corrected chi connectivity index (χ2v) is 8.34. The molecule has 0 bridgehead atoms. The molecule has 170 valence electrons. The standard InChI is InChI=1S/C22H26ClFN6OS/c1-14-12-26-22(27-13-14)29-32-21-10-16(23)19(11-17(21)24)28-18-6-5-15(31-4)9-20(18)30(3)8-7-25-2/h5-6,9-13,25,28H,7-8H2,1-4H3,(H,26,27,29). The van der Waals surface area contributed by atoms with Gasteiger partial charge in [0.1, 0.15) is 11.6 Å². The Labute approximate surface area is 196 Å². The number of anilines is 4. The molecule has 0 saturated heterocycles. The van der Waals surface area contributed by atoms with Crippen LogP contribution in [0.15, 0.2) is 47.6 Å². The molecule has 0 spiro atoms. The van der Waals surface area contributed by atoms with Crippen molar-refractivity contribution in [1.29, 1.82) is 0 Å². The molecule has 1 heterocycles. The van der Waals surface area contributed by atoms with Crippen LogP contribution in [0.5, 0.6) is 5.75 Å². The van der Waals surface area contributed by atoms with E-state index in [1.54, 1.807) is 25.6 Å². The highest BCUT2D eigenvalue weighted by molar-refractivity contribution is 8.00. The van der Waals surface area contributed by atoms with Crippen molar-refractivity contribution >= 4 is 46.6 Å². The zero-order valence-electron chi connectivity index (χ0n) is 18.4. The fraction of sp³-hybridized carbons (Fsp3) is 0.273. The summed E-state index contributed by atoms with van der Waals surface area (Å²) in [6.45, 7) is 3.49. The van der Waals surface area contributed by atoms with Gasteiger partial charge in [-0.3, -0.25) is 4.72 Å². The van der Waals surface area contributed by atoms with E-state index in [1.165, 1.54) is 6.07 Å². The van der Waals surface area contributed by atoms with Crippen molar-refractivity contribution in [3.63, 3.8) is 0 Å². The van der Waals surface area contributed by atoms with Crippen LogP contribution < -0.4 is 25.0 Å². The summed E-state index contributed by atoms with van der Waals surface area (Å²) < 4.78 is 23.1. The van der Waals surface area contributed by atoms with Crippen LogP contribution in [0.3, 0.4) is 0 Å². The molecule has 0 atom stereocenters. The number of ether oxygens (including phenoxy) is 1. The first kappa shape index (κ1) is 23.9. The number of aryl methyl sites for hydroxylation is 1. The maximum absolute atomic E-state index is 14.8. The third kappa shape index (κ3) is 6.15. The number of rotatable bonds is 10. The van der Waals surface area contributed by atoms with Gasteiger partial charge in [-0.2, -0.15) is 0 Å². The van der Waals surface area contributed by atoms with Gasteiger partial charge in [0.2, 0.25) is 5.95 Å². The minimum atomic E-state index is -0.417. The molecule has 2 aromatic carbocycles. The molecule has 3 aromatic rings.